The maximum atomic E-state index is 5.21. The molecule has 0 aliphatic rings. The molecule has 0 aromatic carbocycles. The molecule has 0 heterocycles. The van der Waals surface area contributed by atoms with Gasteiger partial charge in [-0.2, -0.15) is 0 Å². The Bertz CT molecular complexity index is 75.0. The van der Waals surface area contributed by atoms with Crippen molar-refractivity contribution >= 4 is 46.4 Å². The van der Waals surface area contributed by atoms with E-state index in [1.54, 1.807) is 0 Å². The lowest BCUT2D eigenvalue weighted by molar-refractivity contribution is 1.55. The summed E-state index contributed by atoms with van der Waals surface area (Å²) in [4.78, 5) is -0.751. The predicted molar refractivity (Wildman–Crippen MR) is 34.0 cm³/mol. The Balaban J connectivity index is 3.56. The third-order valence-electron chi connectivity index (χ3n) is 0.282. The minimum atomic E-state index is -0.751. The van der Waals surface area contributed by atoms with Crippen LogP contribution in [0.15, 0.2) is 5.03 Å². The van der Waals surface area contributed by atoms with Crippen molar-refractivity contribution in [3.05, 3.63) is 10.6 Å². The van der Waals surface area contributed by atoms with E-state index in [0.717, 1.165) is 0 Å². The van der Waals surface area contributed by atoms with E-state index in [1.807, 2.05) is 0 Å². The van der Waals surface area contributed by atoms with Crippen LogP contribution in [0.2, 0.25) is 0 Å². The van der Waals surface area contributed by atoms with Gasteiger partial charge in [-0.05, 0) is 0 Å². The Kier molecular flexibility index (Phi) is 4.34. The first kappa shape index (κ1) is 7.90. The number of rotatable bonds is 1. The van der Waals surface area contributed by atoms with Crippen molar-refractivity contribution in [1.82, 2.24) is 0 Å². The summed E-state index contributed by atoms with van der Waals surface area (Å²) in [5.41, 5.74) is 2.05. The van der Waals surface area contributed by atoms with Crippen LogP contribution in [0.3, 0.4) is 0 Å². The van der Waals surface area contributed by atoms with Gasteiger partial charge in [0.2, 0.25) is 0 Å². The summed E-state index contributed by atoms with van der Waals surface area (Å²) in [5, 5.41) is 0.116. The first-order valence-corrected chi connectivity index (χ1v) is 2.98. The zero-order valence-corrected chi connectivity index (χ0v) is 6.11. The van der Waals surface area contributed by atoms with Crippen molar-refractivity contribution in [2.24, 2.45) is 0 Å². The topological polar surface area (TPSA) is 0 Å². The summed E-state index contributed by atoms with van der Waals surface area (Å²) in [5.74, 6) is 0. The standard InChI is InChI=1S/C3HCl4/c4-1-2(5)3(6)7/h3H. The van der Waals surface area contributed by atoms with Gasteiger partial charge in [0, 0.05) is 0 Å². The van der Waals surface area contributed by atoms with Crippen LogP contribution in [0.1, 0.15) is 0 Å². The highest BCUT2D eigenvalue weighted by atomic mass is 35.5. The van der Waals surface area contributed by atoms with Crippen molar-refractivity contribution < 1.29 is 0 Å². The van der Waals surface area contributed by atoms with Gasteiger partial charge in [0.15, 0.2) is 0 Å². The van der Waals surface area contributed by atoms with Gasteiger partial charge in [0.05, 0.1) is 10.6 Å². The lowest BCUT2D eigenvalue weighted by Gasteiger charge is -1.90. The fourth-order valence-corrected chi connectivity index (χ4v) is 0.371. The van der Waals surface area contributed by atoms with E-state index in [2.05, 4.69) is 5.54 Å². The number of hydrogen-bond acceptors (Lipinski definition) is 0. The highest BCUT2D eigenvalue weighted by molar-refractivity contribution is 6.53. The fraction of sp³-hybridized carbons (Fsp3) is 0.333. The molecule has 0 aromatic rings. The van der Waals surface area contributed by atoms with Crippen molar-refractivity contribution in [3.63, 3.8) is 0 Å². The lowest BCUT2D eigenvalue weighted by atomic mass is 10.7. The number of halogens is 4. The van der Waals surface area contributed by atoms with Gasteiger partial charge in [0.1, 0.15) is 4.84 Å². The van der Waals surface area contributed by atoms with E-state index in [4.69, 9.17) is 46.4 Å². The van der Waals surface area contributed by atoms with Crippen LogP contribution < -0.4 is 0 Å². The zero-order chi connectivity index (χ0) is 5.86. The Morgan fingerprint density at radius 1 is 1.43 bits per heavy atom. The average Bonchev–Trinajstić information content (AvgIpc) is 1.65. The largest absolute Gasteiger partial charge is 0.144 e. The zero-order valence-electron chi connectivity index (χ0n) is 3.09. The molecule has 41 valence electrons. The number of allylic oxidation sites excluding steroid dienone is 1. The minimum Gasteiger partial charge on any atom is -0.0990 e. The molecule has 0 atom stereocenters. The van der Waals surface area contributed by atoms with Crippen molar-refractivity contribution in [2.75, 3.05) is 0 Å². The summed E-state index contributed by atoms with van der Waals surface area (Å²) in [7, 11) is 0. The quantitative estimate of drug-likeness (QED) is 0.542. The minimum absolute atomic E-state index is 0.116. The van der Waals surface area contributed by atoms with Crippen molar-refractivity contribution in [3.8, 4) is 0 Å². The molecular formula is C3HCl4. The first-order valence-electron chi connectivity index (χ1n) is 1.35. The van der Waals surface area contributed by atoms with Crippen LogP contribution in [0, 0.1) is 5.54 Å². The van der Waals surface area contributed by atoms with Crippen LogP contribution in [0.4, 0.5) is 0 Å². The summed E-state index contributed by atoms with van der Waals surface area (Å²) >= 11 is 20.5. The highest BCUT2D eigenvalue weighted by Gasteiger charge is 2.00. The molecule has 0 aliphatic carbocycles. The Labute approximate surface area is 62.0 Å². The second kappa shape index (κ2) is 3.85. The fourth-order valence-electron chi connectivity index (χ4n) is 0.0412. The molecule has 0 unspecified atom stereocenters. The van der Waals surface area contributed by atoms with Crippen LogP contribution in [-0.2, 0) is 0 Å². The van der Waals surface area contributed by atoms with Crippen LogP contribution in [0.25, 0.3) is 0 Å². The van der Waals surface area contributed by atoms with Gasteiger partial charge < -0.3 is 0 Å². The Morgan fingerprint density at radius 3 is 1.86 bits per heavy atom. The van der Waals surface area contributed by atoms with Gasteiger partial charge in [-0.1, -0.05) is 46.4 Å². The van der Waals surface area contributed by atoms with Gasteiger partial charge in [-0.3, -0.25) is 0 Å². The molecule has 0 bridgehead atoms. The van der Waals surface area contributed by atoms with Gasteiger partial charge >= 0.3 is 0 Å². The molecule has 0 aliphatic heterocycles. The lowest BCUT2D eigenvalue weighted by Crippen LogP contribution is -1.81. The van der Waals surface area contributed by atoms with Crippen LogP contribution in [0.5, 0.6) is 0 Å². The molecule has 0 spiro atoms. The maximum absolute atomic E-state index is 5.21. The number of hydrogen-bond donors (Lipinski definition) is 0. The number of alkyl halides is 2. The van der Waals surface area contributed by atoms with Gasteiger partial charge in [-0.25, -0.2) is 0 Å². The molecule has 0 rings (SSSR count). The van der Waals surface area contributed by atoms with E-state index < -0.39 is 4.84 Å². The normalized spacial score (nSPS) is 13.0. The van der Waals surface area contributed by atoms with Gasteiger partial charge in [-0.15, -0.1) is 0 Å². The van der Waals surface area contributed by atoms with E-state index >= 15 is 0 Å². The monoisotopic (exact) mass is 177 g/mol. The summed E-state index contributed by atoms with van der Waals surface area (Å²) in [6, 6.07) is 0. The van der Waals surface area contributed by atoms with Crippen molar-refractivity contribution in [1.29, 1.82) is 0 Å². The van der Waals surface area contributed by atoms with E-state index in [0.29, 0.717) is 0 Å². The first-order chi connectivity index (χ1) is 3.18. The second-order valence-corrected chi connectivity index (χ2v) is 2.44. The molecule has 1 radical (unpaired) electrons. The SMILES string of the molecule is Cl/[C]=C(\Cl)C(Cl)Cl. The van der Waals surface area contributed by atoms with Crippen LogP contribution >= 0.6 is 46.4 Å². The molecule has 7 heavy (non-hydrogen) atoms. The molecule has 0 saturated heterocycles. The second-order valence-electron chi connectivity index (χ2n) is 0.743. The maximum Gasteiger partial charge on any atom is 0.144 e. The molecular weight excluding hydrogens is 178 g/mol. The van der Waals surface area contributed by atoms with E-state index in [1.165, 1.54) is 0 Å². The van der Waals surface area contributed by atoms with E-state index in [-0.39, 0.29) is 5.03 Å². The highest BCUT2D eigenvalue weighted by Crippen LogP contribution is 2.17. The predicted octanol–water partition coefficient (Wildman–Crippen LogP) is 2.91. The summed E-state index contributed by atoms with van der Waals surface area (Å²) < 4.78 is 0. The van der Waals surface area contributed by atoms with Crippen LogP contribution in [-0.4, -0.2) is 4.84 Å². The van der Waals surface area contributed by atoms with Gasteiger partial charge in [0.25, 0.3) is 0 Å². The van der Waals surface area contributed by atoms with Crippen molar-refractivity contribution in [2.45, 2.75) is 4.84 Å². The summed E-state index contributed by atoms with van der Waals surface area (Å²) in [6.45, 7) is 0. The molecule has 0 nitrogen and oxygen atoms in total. The molecule has 0 amide bonds. The molecule has 0 fully saturated rings. The third kappa shape index (κ3) is 3.48. The Hall–Kier alpha value is 0.900. The molecule has 4 heteroatoms. The van der Waals surface area contributed by atoms with E-state index in [9.17, 15) is 0 Å². The smallest absolute Gasteiger partial charge is 0.0990 e. The third-order valence-corrected chi connectivity index (χ3v) is 1.55. The molecule has 0 N–H and O–H groups in total. The Morgan fingerprint density at radius 2 is 1.86 bits per heavy atom. The molecule has 0 saturated carbocycles. The average molecular weight is 179 g/mol. The summed E-state index contributed by atoms with van der Waals surface area (Å²) in [6.07, 6.45) is 0. The molecule has 0 aromatic heterocycles.